The van der Waals surface area contributed by atoms with Gasteiger partial charge in [0, 0.05) is 36.6 Å². The first-order valence-electron chi connectivity index (χ1n) is 10.5. The maximum Gasteiger partial charge on any atom is 0.256 e. The van der Waals surface area contributed by atoms with E-state index in [-0.39, 0.29) is 28.9 Å². The van der Waals surface area contributed by atoms with Crippen LogP contribution in [0.25, 0.3) is 22.2 Å². The minimum absolute atomic E-state index is 0.0894. The van der Waals surface area contributed by atoms with Crippen LogP contribution in [0, 0.1) is 5.82 Å². The van der Waals surface area contributed by atoms with Gasteiger partial charge in [-0.15, -0.1) is 0 Å². The Morgan fingerprint density at radius 2 is 1.97 bits per heavy atom. The molecule has 2 amide bonds. The van der Waals surface area contributed by atoms with E-state index in [1.54, 1.807) is 46.2 Å². The number of nitrogens with two attached hydrogens (primary N) is 1. The Kier molecular flexibility index (Phi) is 5.25. The van der Waals surface area contributed by atoms with Crippen molar-refractivity contribution < 1.29 is 14.0 Å². The van der Waals surface area contributed by atoms with Crippen LogP contribution >= 0.6 is 0 Å². The van der Waals surface area contributed by atoms with Gasteiger partial charge in [-0.3, -0.25) is 14.3 Å². The third-order valence-corrected chi connectivity index (χ3v) is 5.74. The molecule has 1 aliphatic heterocycles. The molecule has 0 aliphatic carbocycles. The first-order chi connectivity index (χ1) is 16.5. The molecular formula is C24H20FN7O2. The minimum atomic E-state index is -0.624. The number of rotatable bonds is 5. The van der Waals surface area contributed by atoms with E-state index >= 15 is 4.39 Å². The van der Waals surface area contributed by atoms with Gasteiger partial charge in [-0.25, -0.2) is 14.4 Å². The van der Waals surface area contributed by atoms with Gasteiger partial charge in [0.25, 0.3) is 5.91 Å². The fourth-order valence-corrected chi connectivity index (χ4v) is 3.97. The summed E-state index contributed by atoms with van der Waals surface area (Å²) in [5, 5.41) is 7.79. The van der Waals surface area contributed by atoms with Gasteiger partial charge >= 0.3 is 0 Å². The molecule has 0 spiro atoms. The van der Waals surface area contributed by atoms with E-state index in [0.717, 1.165) is 6.07 Å². The van der Waals surface area contributed by atoms with Gasteiger partial charge in [-0.05, 0) is 42.5 Å². The third kappa shape index (κ3) is 3.64. The highest BCUT2D eigenvalue weighted by molar-refractivity contribution is 6.05. The molecule has 0 saturated carbocycles. The molecule has 3 aromatic heterocycles. The van der Waals surface area contributed by atoms with Gasteiger partial charge in [0.1, 0.15) is 23.1 Å². The number of halogens is 1. The molecule has 5 rings (SSSR count). The van der Waals surface area contributed by atoms with Crippen molar-refractivity contribution in [1.82, 2.24) is 24.6 Å². The highest BCUT2D eigenvalue weighted by Crippen LogP contribution is 2.36. The Labute approximate surface area is 193 Å². The van der Waals surface area contributed by atoms with E-state index in [1.807, 2.05) is 0 Å². The number of benzene rings is 1. The molecule has 0 unspecified atom stereocenters. The van der Waals surface area contributed by atoms with Crippen molar-refractivity contribution in [1.29, 1.82) is 0 Å². The zero-order valence-electron chi connectivity index (χ0n) is 18.0. The number of hydrogen-bond acceptors (Lipinski definition) is 6. The highest BCUT2D eigenvalue weighted by atomic mass is 19.1. The molecular weight excluding hydrogens is 437 g/mol. The molecule has 4 aromatic rings. The number of aromatic nitrogens is 4. The monoisotopic (exact) mass is 457 g/mol. The fourth-order valence-electron chi connectivity index (χ4n) is 3.97. The zero-order valence-corrected chi connectivity index (χ0v) is 18.0. The van der Waals surface area contributed by atoms with E-state index in [4.69, 9.17) is 5.73 Å². The van der Waals surface area contributed by atoms with Crippen LogP contribution in [0.3, 0.4) is 0 Å². The lowest BCUT2D eigenvalue weighted by Crippen LogP contribution is -2.50. The molecule has 0 atom stereocenters. The Bertz CT molecular complexity index is 1430. The molecule has 4 heterocycles. The molecule has 170 valence electrons. The lowest BCUT2D eigenvalue weighted by molar-refractivity contribution is -0.131. The summed E-state index contributed by atoms with van der Waals surface area (Å²) in [6.45, 7) is 4.42. The molecule has 1 aliphatic rings. The van der Waals surface area contributed by atoms with Crippen LogP contribution in [0.2, 0.25) is 0 Å². The van der Waals surface area contributed by atoms with Gasteiger partial charge < -0.3 is 16.0 Å². The van der Waals surface area contributed by atoms with E-state index in [2.05, 4.69) is 27.0 Å². The zero-order chi connectivity index (χ0) is 23.8. The Hall–Kier alpha value is -4.60. The number of fused-ring (bicyclic) bond motifs is 1. The van der Waals surface area contributed by atoms with Crippen LogP contribution < -0.4 is 11.1 Å². The van der Waals surface area contributed by atoms with Gasteiger partial charge in [0.15, 0.2) is 0 Å². The lowest BCUT2D eigenvalue weighted by atomic mass is 10.0. The highest BCUT2D eigenvalue weighted by Gasteiger charge is 2.33. The van der Waals surface area contributed by atoms with E-state index in [1.165, 1.54) is 18.2 Å². The quantitative estimate of drug-likeness (QED) is 0.445. The first-order valence-corrected chi connectivity index (χ1v) is 10.5. The van der Waals surface area contributed by atoms with Crippen molar-refractivity contribution in [3.63, 3.8) is 0 Å². The number of pyridine rings is 2. The lowest BCUT2D eigenvalue weighted by Gasteiger charge is -2.38. The predicted octanol–water partition coefficient (Wildman–Crippen LogP) is 3.04. The molecule has 0 radical (unpaired) electrons. The SMILES string of the molecule is C=CC(=O)N1CC(n2nc(-c3ccc(C(=O)Nc4ccccn4)cc3F)c3c(N)nccc32)C1. The second kappa shape index (κ2) is 8.39. The van der Waals surface area contributed by atoms with Gasteiger partial charge in [-0.1, -0.05) is 12.6 Å². The molecule has 9 nitrogen and oxygen atoms in total. The summed E-state index contributed by atoms with van der Waals surface area (Å²) in [5.41, 5.74) is 7.48. The number of carbonyl (C=O) groups is 2. The summed E-state index contributed by atoms with van der Waals surface area (Å²) in [4.78, 5) is 34.2. The summed E-state index contributed by atoms with van der Waals surface area (Å²) < 4.78 is 17.0. The predicted molar refractivity (Wildman–Crippen MR) is 125 cm³/mol. The number of nitrogens with zero attached hydrogens (tertiary/aromatic N) is 5. The van der Waals surface area contributed by atoms with Crippen LogP contribution in [-0.4, -0.2) is 49.6 Å². The minimum Gasteiger partial charge on any atom is -0.383 e. The van der Waals surface area contributed by atoms with Crippen molar-refractivity contribution in [3.05, 3.63) is 78.9 Å². The smallest absolute Gasteiger partial charge is 0.256 e. The van der Waals surface area contributed by atoms with Gasteiger partial charge in [0.2, 0.25) is 5.91 Å². The number of hydrogen-bond donors (Lipinski definition) is 2. The second-order valence-electron chi connectivity index (χ2n) is 7.85. The standard InChI is InChI=1S/C24H20FN7O2/c1-2-20(33)31-12-15(13-31)32-18-8-10-28-23(26)21(18)22(30-32)16-7-6-14(11-17(16)25)24(34)29-19-5-3-4-9-27-19/h2-11,15H,1,12-13H2,(H2,26,28)(H,27,29,34). The third-order valence-electron chi connectivity index (χ3n) is 5.74. The molecule has 10 heteroatoms. The summed E-state index contributed by atoms with van der Waals surface area (Å²) in [5.74, 6) is -0.680. The van der Waals surface area contributed by atoms with E-state index in [9.17, 15) is 9.59 Å². The molecule has 1 fully saturated rings. The van der Waals surface area contributed by atoms with Crippen LogP contribution in [0.1, 0.15) is 16.4 Å². The maximum atomic E-state index is 15.2. The van der Waals surface area contributed by atoms with Gasteiger partial charge in [-0.2, -0.15) is 5.10 Å². The van der Waals surface area contributed by atoms with Crippen molar-refractivity contribution >= 4 is 34.4 Å². The first kappa shape index (κ1) is 21.3. The van der Waals surface area contributed by atoms with Crippen molar-refractivity contribution in [2.45, 2.75) is 6.04 Å². The molecule has 3 N–H and O–H groups in total. The molecule has 1 saturated heterocycles. The number of carbonyl (C=O) groups excluding carboxylic acids is 2. The molecule has 1 aromatic carbocycles. The summed E-state index contributed by atoms with van der Waals surface area (Å²) in [6, 6.07) is 10.9. The number of anilines is 2. The van der Waals surface area contributed by atoms with Crippen LogP contribution in [0.15, 0.2) is 67.5 Å². The van der Waals surface area contributed by atoms with Crippen LogP contribution in [-0.2, 0) is 4.79 Å². The number of nitrogen functional groups attached to an aromatic ring is 1. The normalized spacial score (nSPS) is 13.5. The number of nitrogens with one attached hydrogen (secondary N) is 1. The van der Waals surface area contributed by atoms with Gasteiger partial charge in [0.05, 0.1) is 16.9 Å². The average Bonchev–Trinajstić information content (AvgIpc) is 3.18. The fraction of sp³-hybridized carbons (Fsp3) is 0.125. The Morgan fingerprint density at radius 1 is 1.15 bits per heavy atom. The Balaban J connectivity index is 1.49. The Morgan fingerprint density at radius 3 is 2.68 bits per heavy atom. The largest absolute Gasteiger partial charge is 0.383 e. The summed E-state index contributed by atoms with van der Waals surface area (Å²) in [6.07, 6.45) is 4.38. The summed E-state index contributed by atoms with van der Waals surface area (Å²) >= 11 is 0. The number of likely N-dealkylation sites (tertiary alicyclic amines) is 1. The number of amides is 2. The van der Waals surface area contributed by atoms with Crippen LogP contribution in [0.5, 0.6) is 0 Å². The van der Waals surface area contributed by atoms with Crippen LogP contribution in [0.4, 0.5) is 16.0 Å². The second-order valence-corrected chi connectivity index (χ2v) is 7.85. The van der Waals surface area contributed by atoms with Crippen molar-refractivity contribution in [3.8, 4) is 11.3 Å². The molecule has 0 bridgehead atoms. The van der Waals surface area contributed by atoms with Crippen molar-refractivity contribution in [2.24, 2.45) is 0 Å². The topological polar surface area (TPSA) is 119 Å². The summed E-state index contributed by atoms with van der Waals surface area (Å²) in [7, 11) is 0. The molecule has 34 heavy (non-hydrogen) atoms. The maximum absolute atomic E-state index is 15.2. The average molecular weight is 457 g/mol. The van der Waals surface area contributed by atoms with Crippen molar-refractivity contribution in [2.75, 3.05) is 24.1 Å². The van der Waals surface area contributed by atoms with E-state index in [0.29, 0.717) is 35.5 Å². The van der Waals surface area contributed by atoms with E-state index < -0.39 is 11.7 Å².